The third-order valence-electron chi connectivity index (χ3n) is 4.60. The first kappa shape index (κ1) is 18.3. The highest BCUT2D eigenvalue weighted by Crippen LogP contribution is 2.31. The molecule has 5 heteroatoms. The molecule has 3 rings (SSSR count). The Labute approximate surface area is 153 Å². The van der Waals surface area contributed by atoms with E-state index in [-0.39, 0.29) is 0 Å². The summed E-state index contributed by atoms with van der Waals surface area (Å²) >= 11 is 0. The number of aliphatic hydroxyl groups excluding tert-OH is 1. The van der Waals surface area contributed by atoms with Crippen LogP contribution in [-0.2, 0) is 6.42 Å². The molecule has 1 heterocycles. The van der Waals surface area contributed by atoms with Crippen LogP contribution in [-0.4, -0.2) is 44.4 Å². The van der Waals surface area contributed by atoms with Gasteiger partial charge in [-0.3, -0.25) is 0 Å². The second kappa shape index (κ2) is 8.25. The lowest BCUT2D eigenvalue weighted by atomic mass is 10.1. The van der Waals surface area contributed by atoms with E-state index in [1.165, 1.54) is 0 Å². The maximum Gasteiger partial charge on any atom is 0.163 e. The monoisotopic (exact) mass is 355 g/mol. The van der Waals surface area contributed by atoms with Crippen molar-refractivity contribution in [3.63, 3.8) is 0 Å². The Bertz CT molecular complexity index is 858. The van der Waals surface area contributed by atoms with E-state index in [4.69, 9.17) is 13.9 Å². The summed E-state index contributed by atoms with van der Waals surface area (Å²) in [5.41, 5.74) is 2.66. The van der Waals surface area contributed by atoms with E-state index in [0.717, 1.165) is 46.6 Å². The number of hydrogen-bond acceptors (Lipinski definition) is 5. The van der Waals surface area contributed by atoms with Crippen molar-refractivity contribution in [1.29, 1.82) is 0 Å². The lowest BCUT2D eigenvalue weighted by Gasteiger charge is -2.21. The SMILES string of the molecule is COc1cccc(CCN(C)CC(O)c2cccc3ccoc23)c1OC. The van der Waals surface area contributed by atoms with Crippen LogP contribution in [0.5, 0.6) is 11.5 Å². The molecule has 2 aromatic carbocycles. The first-order valence-electron chi connectivity index (χ1n) is 8.66. The summed E-state index contributed by atoms with van der Waals surface area (Å²) in [4.78, 5) is 2.10. The summed E-state index contributed by atoms with van der Waals surface area (Å²) in [6.45, 7) is 1.31. The molecule has 0 saturated heterocycles. The molecular formula is C21H25NO4. The van der Waals surface area contributed by atoms with Crippen LogP contribution in [0.1, 0.15) is 17.2 Å². The number of ether oxygens (including phenoxy) is 2. The Morgan fingerprint density at radius 2 is 1.88 bits per heavy atom. The van der Waals surface area contributed by atoms with E-state index < -0.39 is 6.10 Å². The fourth-order valence-electron chi connectivity index (χ4n) is 3.23. The van der Waals surface area contributed by atoms with E-state index in [0.29, 0.717) is 6.54 Å². The van der Waals surface area contributed by atoms with Crippen LogP contribution in [0.3, 0.4) is 0 Å². The Hall–Kier alpha value is -2.50. The van der Waals surface area contributed by atoms with E-state index in [9.17, 15) is 5.11 Å². The molecule has 0 spiro atoms. The zero-order valence-electron chi connectivity index (χ0n) is 15.4. The molecule has 5 nitrogen and oxygen atoms in total. The standard InChI is InChI=1S/C21H25NO4/c1-22(12-10-15-7-5-9-19(24-2)21(15)25-3)14-18(23)17-8-4-6-16-11-13-26-20(16)17/h4-9,11,13,18,23H,10,12,14H2,1-3H3. The fraction of sp³-hybridized carbons (Fsp3) is 0.333. The second-order valence-electron chi connectivity index (χ2n) is 6.37. The molecule has 1 atom stereocenters. The number of methoxy groups -OCH3 is 2. The summed E-state index contributed by atoms with van der Waals surface area (Å²) in [6.07, 6.45) is 1.84. The molecule has 0 aliphatic rings. The highest BCUT2D eigenvalue weighted by atomic mass is 16.5. The number of benzene rings is 2. The molecule has 0 aliphatic carbocycles. The van der Waals surface area contributed by atoms with Gasteiger partial charge in [0.2, 0.25) is 0 Å². The second-order valence-corrected chi connectivity index (χ2v) is 6.37. The number of rotatable bonds is 8. The minimum absolute atomic E-state index is 0.520. The Morgan fingerprint density at radius 3 is 2.65 bits per heavy atom. The van der Waals surface area contributed by atoms with Gasteiger partial charge in [-0.25, -0.2) is 0 Å². The lowest BCUT2D eigenvalue weighted by Crippen LogP contribution is -2.27. The minimum atomic E-state index is -0.609. The van der Waals surface area contributed by atoms with E-state index in [1.54, 1.807) is 20.5 Å². The molecule has 0 amide bonds. The van der Waals surface area contributed by atoms with E-state index in [1.807, 2.05) is 49.5 Å². The van der Waals surface area contributed by atoms with Crippen molar-refractivity contribution in [2.75, 3.05) is 34.4 Å². The quantitative estimate of drug-likeness (QED) is 0.668. The molecule has 138 valence electrons. The Balaban J connectivity index is 1.64. The van der Waals surface area contributed by atoms with Crippen molar-refractivity contribution in [2.24, 2.45) is 0 Å². The number of furan rings is 1. The normalized spacial score (nSPS) is 12.5. The van der Waals surface area contributed by atoms with Gasteiger partial charge in [0.1, 0.15) is 5.58 Å². The average molecular weight is 355 g/mol. The molecule has 0 saturated carbocycles. The zero-order chi connectivity index (χ0) is 18.5. The van der Waals surface area contributed by atoms with E-state index in [2.05, 4.69) is 4.90 Å². The molecule has 26 heavy (non-hydrogen) atoms. The molecule has 0 bridgehead atoms. The predicted octanol–water partition coefficient (Wildman–Crippen LogP) is 3.66. The third-order valence-corrected chi connectivity index (χ3v) is 4.60. The lowest BCUT2D eigenvalue weighted by molar-refractivity contribution is 0.127. The molecule has 0 fully saturated rings. The van der Waals surface area contributed by atoms with Crippen molar-refractivity contribution < 1.29 is 19.0 Å². The van der Waals surface area contributed by atoms with Crippen LogP contribution in [0.15, 0.2) is 53.1 Å². The van der Waals surface area contributed by atoms with Crippen molar-refractivity contribution in [3.05, 3.63) is 59.9 Å². The highest BCUT2D eigenvalue weighted by Gasteiger charge is 2.16. The molecule has 3 aromatic rings. The van der Waals surface area contributed by atoms with Crippen molar-refractivity contribution in [2.45, 2.75) is 12.5 Å². The third kappa shape index (κ3) is 3.84. The summed E-state index contributed by atoms with van der Waals surface area (Å²) in [5, 5.41) is 11.6. The Morgan fingerprint density at radius 1 is 1.08 bits per heavy atom. The first-order chi connectivity index (χ1) is 12.6. The summed E-state index contributed by atoms with van der Waals surface area (Å²) in [5.74, 6) is 1.50. The number of aliphatic hydroxyl groups is 1. The topological polar surface area (TPSA) is 55.1 Å². The van der Waals surface area contributed by atoms with Crippen molar-refractivity contribution in [3.8, 4) is 11.5 Å². The number of fused-ring (bicyclic) bond motifs is 1. The van der Waals surface area contributed by atoms with Gasteiger partial charge in [0.05, 0.1) is 26.6 Å². The molecule has 0 aliphatic heterocycles. The Kier molecular flexibility index (Phi) is 5.81. The number of likely N-dealkylation sites (N-methyl/N-ethyl adjacent to an activating group) is 1. The number of hydrogen-bond donors (Lipinski definition) is 1. The minimum Gasteiger partial charge on any atom is -0.493 e. The zero-order valence-corrected chi connectivity index (χ0v) is 15.4. The highest BCUT2D eigenvalue weighted by molar-refractivity contribution is 5.80. The maximum atomic E-state index is 10.6. The molecule has 1 unspecified atom stereocenters. The van der Waals surface area contributed by atoms with Gasteiger partial charge in [0.25, 0.3) is 0 Å². The van der Waals surface area contributed by atoms with Gasteiger partial charge in [0.15, 0.2) is 11.5 Å². The average Bonchev–Trinajstić information content (AvgIpc) is 3.14. The van der Waals surface area contributed by atoms with Crippen molar-refractivity contribution in [1.82, 2.24) is 4.90 Å². The molecule has 1 N–H and O–H groups in total. The van der Waals surface area contributed by atoms with Gasteiger partial charge in [-0.05, 0) is 31.2 Å². The predicted molar refractivity (Wildman–Crippen MR) is 102 cm³/mol. The number of nitrogens with zero attached hydrogens (tertiary/aromatic N) is 1. The van der Waals surface area contributed by atoms with Gasteiger partial charge in [-0.15, -0.1) is 0 Å². The van der Waals surface area contributed by atoms with Crippen LogP contribution < -0.4 is 9.47 Å². The van der Waals surface area contributed by atoms with Crippen molar-refractivity contribution >= 4 is 11.0 Å². The van der Waals surface area contributed by atoms with Gasteiger partial charge >= 0.3 is 0 Å². The molecule has 1 aromatic heterocycles. The summed E-state index contributed by atoms with van der Waals surface area (Å²) in [6, 6.07) is 13.6. The largest absolute Gasteiger partial charge is 0.493 e. The molecule has 0 radical (unpaired) electrons. The van der Waals surface area contributed by atoms with E-state index >= 15 is 0 Å². The van der Waals surface area contributed by atoms with Crippen LogP contribution in [0.4, 0.5) is 0 Å². The van der Waals surface area contributed by atoms with Gasteiger partial charge in [0, 0.05) is 24.0 Å². The smallest absolute Gasteiger partial charge is 0.163 e. The van der Waals surface area contributed by atoms with Crippen LogP contribution in [0.2, 0.25) is 0 Å². The fourth-order valence-corrected chi connectivity index (χ4v) is 3.23. The maximum absolute atomic E-state index is 10.6. The van der Waals surface area contributed by atoms with Crippen LogP contribution in [0, 0.1) is 0 Å². The first-order valence-corrected chi connectivity index (χ1v) is 8.66. The van der Waals surface area contributed by atoms with Gasteiger partial charge in [-0.2, -0.15) is 0 Å². The summed E-state index contributed by atoms with van der Waals surface area (Å²) < 4.78 is 16.4. The van der Waals surface area contributed by atoms with Gasteiger partial charge in [-0.1, -0.05) is 30.3 Å². The van der Waals surface area contributed by atoms with Gasteiger partial charge < -0.3 is 23.9 Å². The summed E-state index contributed by atoms with van der Waals surface area (Å²) in [7, 11) is 5.29. The van der Waals surface area contributed by atoms with Crippen LogP contribution >= 0.6 is 0 Å². The number of para-hydroxylation sites is 2. The molecular weight excluding hydrogens is 330 g/mol. The van der Waals surface area contributed by atoms with Crippen LogP contribution in [0.25, 0.3) is 11.0 Å².